The first-order valence-electron chi connectivity index (χ1n) is 6.40. The molecule has 2 rings (SSSR count). The number of hydrogen-bond acceptors (Lipinski definition) is 6. The van der Waals surface area contributed by atoms with E-state index in [2.05, 4.69) is 10.1 Å². The van der Waals surface area contributed by atoms with Crippen molar-refractivity contribution >= 4 is 0 Å². The fourth-order valence-electron chi connectivity index (χ4n) is 1.70. The summed E-state index contributed by atoms with van der Waals surface area (Å²) in [5.74, 6) is 1.00. The van der Waals surface area contributed by atoms with Crippen molar-refractivity contribution in [3.05, 3.63) is 29.6 Å². The van der Waals surface area contributed by atoms with Gasteiger partial charge in [0.1, 0.15) is 5.75 Å². The maximum atomic E-state index is 9.86. The number of aromatic nitrogens is 2. The van der Waals surface area contributed by atoms with E-state index in [1.54, 1.807) is 19.2 Å². The molecule has 0 atom stereocenters. The first kappa shape index (κ1) is 14.5. The number of hydrogen-bond donors (Lipinski definition) is 1. The molecule has 6 nitrogen and oxygen atoms in total. The van der Waals surface area contributed by atoms with Crippen molar-refractivity contribution in [2.75, 3.05) is 26.9 Å². The maximum absolute atomic E-state index is 9.86. The van der Waals surface area contributed by atoms with E-state index in [9.17, 15) is 5.11 Å². The van der Waals surface area contributed by atoms with Gasteiger partial charge in [0, 0.05) is 13.5 Å². The molecule has 0 spiro atoms. The summed E-state index contributed by atoms with van der Waals surface area (Å²) < 4.78 is 15.4. The van der Waals surface area contributed by atoms with Crippen molar-refractivity contribution in [2.24, 2.45) is 0 Å². The molecule has 1 aromatic carbocycles. The molecule has 0 amide bonds. The minimum Gasteiger partial charge on any atom is -0.507 e. The van der Waals surface area contributed by atoms with Crippen LogP contribution >= 0.6 is 0 Å². The third-order valence-electron chi connectivity index (χ3n) is 2.75. The minimum atomic E-state index is 0.136. The van der Waals surface area contributed by atoms with E-state index in [0.29, 0.717) is 43.5 Å². The van der Waals surface area contributed by atoms with Crippen LogP contribution in [-0.2, 0) is 15.9 Å². The number of phenols is 1. The van der Waals surface area contributed by atoms with Gasteiger partial charge < -0.3 is 19.1 Å². The SMILES string of the molecule is COCCOCCc1noc(-c2ccc(C)cc2O)n1. The normalized spacial score (nSPS) is 10.9. The van der Waals surface area contributed by atoms with Crippen LogP contribution in [0, 0.1) is 6.92 Å². The van der Waals surface area contributed by atoms with Crippen LogP contribution in [0.5, 0.6) is 5.75 Å². The molecular formula is C14H18N2O4. The lowest BCUT2D eigenvalue weighted by atomic mass is 10.1. The topological polar surface area (TPSA) is 77.6 Å². The Morgan fingerprint density at radius 3 is 2.85 bits per heavy atom. The largest absolute Gasteiger partial charge is 0.507 e. The molecule has 0 aliphatic rings. The molecule has 1 heterocycles. The van der Waals surface area contributed by atoms with Gasteiger partial charge in [0.2, 0.25) is 0 Å². The fraction of sp³-hybridized carbons (Fsp3) is 0.429. The first-order valence-corrected chi connectivity index (χ1v) is 6.40. The number of nitrogens with zero attached hydrogens (tertiary/aromatic N) is 2. The number of methoxy groups -OCH3 is 1. The van der Waals surface area contributed by atoms with E-state index in [1.807, 2.05) is 13.0 Å². The van der Waals surface area contributed by atoms with Gasteiger partial charge in [0.15, 0.2) is 5.82 Å². The van der Waals surface area contributed by atoms with Crippen molar-refractivity contribution in [2.45, 2.75) is 13.3 Å². The molecule has 0 saturated carbocycles. The molecule has 0 fully saturated rings. The highest BCUT2D eigenvalue weighted by molar-refractivity contribution is 5.62. The predicted octanol–water partition coefficient (Wildman–Crippen LogP) is 1.96. The Labute approximate surface area is 117 Å². The molecule has 1 N–H and O–H groups in total. The third-order valence-corrected chi connectivity index (χ3v) is 2.75. The number of ether oxygens (including phenoxy) is 2. The highest BCUT2D eigenvalue weighted by Crippen LogP contribution is 2.28. The Hall–Kier alpha value is -1.92. The predicted molar refractivity (Wildman–Crippen MR) is 72.5 cm³/mol. The summed E-state index contributed by atoms with van der Waals surface area (Å²) >= 11 is 0. The minimum absolute atomic E-state index is 0.136. The van der Waals surface area contributed by atoms with Crippen LogP contribution in [0.1, 0.15) is 11.4 Å². The Balaban J connectivity index is 1.95. The molecule has 0 aliphatic heterocycles. The lowest BCUT2D eigenvalue weighted by Crippen LogP contribution is -2.05. The summed E-state index contributed by atoms with van der Waals surface area (Å²) in [5.41, 5.74) is 1.51. The second-order valence-corrected chi connectivity index (χ2v) is 4.39. The van der Waals surface area contributed by atoms with Crippen molar-refractivity contribution in [3.63, 3.8) is 0 Å². The summed E-state index contributed by atoms with van der Waals surface area (Å²) in [7, 11) is 1.63. The van der Waals surface area contributed by atoms with Crippen LogP contribution in [-0.4, -0.2) is 42.2 Å². The fourth-order valence-corrected chi connectivity index (χ4v) is 1.70. The molecule has 0 bridgehead atoms. The molecule has 6 heteroatoms. The summed E-state index contributed by atoms with van der Waals surface area (Å²) in [6, 6.07) is 5.30. The van der Waals surface area contributed by atoms with E-state index >= 15 is 0 Å². The van der Waals surface area contributed by atoms with Crippen LogP contribution in [0.2, 0.25) is 0 Å². The van der Waals surface area contributed by atoms with Crippen LogP contribution in [0.3, 0.4) is 0 Å². The van der Waals surface area contributed by atoms with Crippen molar-refractivity contribution in [1.29, 1.82) is 0 Å². The first-order chi connectivity index (χ1) is 9.70. The molecule has 2 aromatic rings. The van der Waals surface area contributed by atoms with Gasteiger partial charge >= 0.3 is 0 Å². The summed E-state index contributed by atoms with van der Waals surface area (Å²) in [4.78, 5) is 4.24. The monoisotopic (exact) mass is 278 g/mol. The smallest absolute Gasteiger partial charge is 0.261 e. The Kier molecular flexibility index (Phi) is 5.09. The zero-order chi connectivity index (χ0) is 14.4. The molecule has 0 saturated heterocycles. The van der Waals surface area contributed by atoms with Gasteiger partial charge in [-0.15, -0.1) is 0 Å². The van der Waals surface area contributed by atoms with Crippen molar-refractivity contribution in [1.82, 2.24) is 10.1 Å². The van der Waals surface area contributed by atoms with Crippen LogP contribution in [0.15, 0.2) is 22.7 Å². The van der Waals surface area contributed by atoms with E-state index in [1.165, 1.54) is 0 Å². The zero-order valence-electron chi connectivity index (χ0n) is 11.6. The highest BCUT2D eigenvalue weighted by atomic mass is 16.5. The number of aryl methyl sites for hydroxylation is 1. The number of benzene rings is 1. The number of phenolic OH excluding ortho intramolecular Hbond substituents is 1. The molecule has 0 radical (unpaired) electrons. The van der Waals surface area contributed by atoms with Crippen molar-refractivity contribution in [3.8, 4) is 17.2 Å². The molecule has 20 heavy (non-hydrogen) atoms. The standard InChI is InChI=1S/C14H18N2O4/c1-10-3-4-11(12(17)9-10)14-15-13(16-20-14)5-6-19-8-7-18-2/h3-4,9,17H,5-8H2,1-2H3. The van der Waals surface area contributed by atoms with Crippen molar-refractivity contribution < 1.29 is 19.1 Å². The van der Waals surface area contributed by atoms with Crippen LogP contribution < -0.4 is 0 Å². The van der Waals surface area contributed by atoms with E-state index in [0.717, 1.165) is 5.56 Å². The van der Waals surface area contributed by atoms with Gasteiger partial charge in [0.05, 0.1) is 25.4 Å². The van der Waals surface area contributed by atoms with Crippen LogP contribution in [0.4, 0.5) is 0 Å². The average molecular weight is 278 g/mol. The van der Waals surface area contributed by atoms with Gasteiger partial charge in [-0.05, 0) is 24.6 Å². The highest BCUT2D eigenvalue weighted by Gasteiger charge is 2.12. The summed E-state index contributed by atoms with van der Waals surface area (Å²) in [5, 5.41) is 13.7. The molecule has 0 unspecified atom stereocenters. The van der Waals surface area contributed by atoms with Gasteiger partial charge in [-0.3, -0.25) is 0 Å². The maximum Gasteiger partial charge on any atom is 0.261 e. The lowest BCUT2D eigenvalue weighted by Gasteiger charge is -2.00. The van der Waals surface area contributed by atoms with Crippen LogP contribution in [0.25, 0.3) is 11.5 Å². The Morgan fingerprint density at radius 1 is 1.25 bits per heavy atom. The zero-order valence-corrected chi connectivity index (χ0v) is 11.6. The van der Waals surface area contributed by atoms with E-state index in [-0.39, 0.29) is 5.75 Å². The number of rotatable bonds is 7. The van der Waals surface area contributed by atoms with Gasteiger partial charge in [-0.2, -0.15) is 4.98 Å². The summed E-state index contributed by atoms with van der Waals surface area (Å²) in [6.07, 6.45) is 0.555. The summed E-state index contributed by atoms with van der Waals surface area (Å²) in [6.45, 7) is 3.51. The Morgan fingerprint density at radius 2 is 2.10 bits per heavy atom. The van der Waals surface area contributed by atoms with E-state index in [4.69, 9.17) is 14.0 Å². The molecule has 1 aromatic heterocycles. The third kappa shape index (κ3) is 3.79. The second kappa shape index (κ2) is 7.02. The van der Waals surface area contributed by atoms with E-state index < -0.39 is 0 Å². The van der Waals surface area contributed by atoms with Gasteiger partial charge in [0.25, 0.3) is 5.89 Å². The second-order valence-electron chi connectivity index (χ2n) is 4.39. The van der Waals surface area contributed by atoms with Gasteiger partial charge in [-0.25, -0.2) is 0 Å². The van der Waals surface area contributed by atoms with Gasteiger partial charge in [-0.1, -0.05) is 11.2 Å². The molecule has 108 valence electrons. The quantitative estimate of drug-likeness (QED) is 0.780. The molecule has 0 aliphatic carbocycles. The number of aromatic hydroxyl groups is 1. The lowest BCUT2D eigenvalue weighted by molar-refractivity contribution is 0.0714. The average Bonchev–Trinajstić information content (AvgIpc) is 2.87. The molecular weight excluding hydrogens is 260 g/mol. The Bertz CT molecular complexity index is 554.